The third-order valence-electron chi connectivity index (χ3n) is 5.94. The van der Waals surface area contributed by atoms with Crippen LogP contribution in [0.4, 0.5) is 0 Å². The lowest BCUT2D eigenvalue weighted by Crippen LogP contribution is -2.55. The molecule has 1 aliphatic rings. The molecule has 0 radical (unpaired) electrons. The van der Waals surface area contributed by atoms with Crippen LogP contribution in [-0.4, -0.2) is 35.3 Å². The first-order valence-electron chi connectivity index (χ1n) is 10.6. The van der Waals surface area contributed by atoms with Gasteiger partial charge in [0.1, 0.15) is 11.5 Å². The molecule has 0 N–H and O–H groups in total. The summed E-state index contributed by atoms with van der Waals surface area (Å²) in [6, 6.07) is 17.0. The molecule has 1 saturated heterocycles. The molecule has 3 rings (SSSR count). The number of rotatable bonds is 7. The van der Waals surface area contributed by atoms with Gasteiger partial charge < -0.3 is 9.64 Å². The van der Waals surface area contributed by atoms with Crippen LogP contribution in [0, 0.1) is 0 Å². The number of ether oxygens (including phenoxy) is 1. The Morgan fingerprint density at radius 3 is 2.20 bits per heavy atom. The highest BCUT2D eigenvalue weighted by atomic mass is 35.5. The Hall–Kier alpha value is -2.33. The molecule has 0 atom stereocenters. The summed E-state index contributed by atoms with van der Waals surface area (Å²) in [6.45, 7) is 6.68. The fourth-order valence-corrected chi connectivity index (χ4v) is 4.39. The second-order valence-corrected chi connectivity index (χ2v) is 8.92. The van der Waals surface area contributed by atoms with Crippen molar-refractivity contribution >= 4 is 23.3 Å². The zero-order valence-corrected chi connectivity index (χ0v) is 18.7. The Morgan fingerprint density at radius 2 is 1.63 bits per heavy atom. The van der Waals surface area contributed by atoms with Crippen molar-refractivity contribution in [1.29, 1.82) is 0 Å². The van der Waals surface area contributed by atoms with Gasteiger partial charge in [0.2, 0.25) is 0 Å². The van der Waals surface area contributed by atoms with Crippen LogP contribution in [-0.2, 0) is 15.0 Å². The summed E-state index contributed by atoms with van der Waals surface area (Å²) in [7, 11) is 0. The number of Topliss-reactive ketones (excluding diaryl/α,β-unsaturated/α-hetero) is 1. The van der Waals surface area contributed by atoms with Crippen LogP contribution in [0.3, 0.4) is 0 Å². The number of carbonyl (C=O) groups is 2. The second-order valence-electron chi connectivity index (χ2n) is 8.48. The van der Waals surface area contributed by atoms with Gasteiger partial charge in [-0.1, -0.05) is 48.9 Å². The molecule has 0 aromatic heterocycles. The van der Waals surface area contributed by atoms with Crippen molar-refractivity contribution in [3.05, 3.63) is 65.2 Å². The van der Waals surface area contributed by atoms with E-state index in [1.54, 1.807) is 38.1 Å². The van der Waals surface area contributed by atoms with E-state index in [1.807, 2.05) is 42.2 Å². The van der Waals surface area contributed by atoms with Gasteiger partial charge >= 0.3 is 0 Å². The van der Waals surface area contributed by atoms with Gasteiger partial charge in [-0.25, -0.2) is 0 Å². The molecule has 0 bridgehead atoms. The summed E-state index contributed by atoms with van der Waals surface area (Å²) in [4.78, 5) is 28.2. The highest BCUT2D eigenvalue weighted by Gasteiger charge is 2.45. The van der Waals surface area contributed by atoms with Crippen LogP contribution < -0.4 is 4.74 Å². The lowest BCUT2D eigenvalue weighted by Gasteiger charge is -2.43. The molecule has 1 amide bonds. The Bertz CT molecular complexity index is 869. The number of nitrogens with zero attached hydrogens (tertiary/aromatic N) is 1. The van der Waals surface area contributed by atoms with Gasteiger partial charge in [0.05, 0.1) is 5.41 Å². The van der Waals surface area contributed by atoms with Crippen molar-refractivity contribution in [2.45, 2.75) is 57.5 Å². The number of likely N-dealkylation sites (tertiary alicyclic amines) is 1. The van der Waals surface area contributed by atoms with Crippen molar-refractivity contribution in [3.63, 3.8) is 0 Å². The van der Waals surface area contributed by atoms with Gasteiger partial charge in [-0.15, -0.1) is 0 Å². The largest absolute Gasteiger partial charge is 0.478 e. The SMILES string of the molecule is CCCC(=O)C1(c2ccccc2)CCN(C(=O)C(C)(C)Oc2ccc(Cl)cc2)CC1. The van der Waals surface area contributed by atoms with E-state index in [9.17, 15) is 9.59 Å². The van der Waals surface area contributed by atoms with Gasteiger partial charge in [0.25, 0.3) is 5.91 Å². The number of hydrogen-bond acceptors (Lipinski definition) is 3. The summed E-state index contributed by atoms with van der Waals surface area (Å²) >= 11 is 5.93. The van der Waals surface area contributed by atoms with E-state index in [-0.39, 0.29) is 11.7 Å². The van der Waals surface area contributed by atoms with Crippen LogP contribution in [0.15, 0.2) is 54.6 Å². The number of ketones is 1. The normalized spacial score (nSPS) is 16.2. The summed E-state index contributed by atoms with van der Waals surface area (Å²) in [6.07, 6.45) is 2.67. The van der Waals surface area contributed by atoms with E-state index < -0.39 is 11.0 Å². The van der Waals surface area contributed by atoms with E-state index >= 15 is 0 Å². The molecule has 1 aliphatic heterocycles. The first kappa shape index (κ1) is 22.4. The smallest absolute Gasteiger partial charge is 0.266 e. The molecule has 2 aromatic carbocycles. The van der Waals surface area contributed by atoms with E-state index in [1.165, 1.54) is 0 Å². The molecule has 1 fully saturated rings. The summed E-state index contributed by atoms with van der Waals surface area (Å²) in [5.41, 5.74) is -0.448. The first-order chi connectivity index (χ1) is 14.3. The number of carbonyl (C=O) groups excluding carboxylic acids is 2. The van der Waals surface area contributed by atoms with Crippen LogP contribution in [0.5, 0.6) is 5.75 Å². The molecule has 0 aliphatic carbocycles. The Kier molecular flexibility index (Phi) is 6.87. The molecule has 0 spiro atoms. The minimum absolute atomic E-state index is 0.0675. The first-order valence-corrected chi connectivity index (χ1v) is 11.0. The standard InChI is InChI=1S/C25H30ClNO3/c1-4-8-22(28)25(19-9-6-5-7-10-19)15-17-27(18-16-25)23(29)24(2,3)30-21-13-11-20(26)12-14-21/h5-7,9-14H,4,8,15-18H2,1-3H3. The van der Waals surface area contributed by atoms with E-state index in [4.69, 9.17) is 16.3 Å². The molecule has 0 saturated carbocycles. The monoisotopic (exact) mass is 427 g/mol. The average molecular weight is 428 g/mol. The lowest BCUT2D eigenvalue weighted by molar-refractivity contribution is -0.148. The molecular weight excluding hydrogens is 398 g/mol. The zero-order chi connectivity index (χ0) is 21.8. The fourth-order valence-electron chi connectivity index (χ4n) is 4.27. The van der Waals surface area contributed by atoms with Gasteiger partial charge in [-0.2, -0.15) is 0 Å². The molecule has 5 heteroatoms. The Labute approximate surface area is 184 Å². The highest BCUT2D eigenvalue weighted by Crippen LogP contribution is 2.38. The number of benzene rings is 2. The molecule has 0 unspecified atom stereocenters. The molecule has 160 valence electrons. The summed E-state index contributed by atoms with van der Waals surface area (Å²) in [5.74, 6) is 0.813. The van der Waals surface area contributed by atoms with Gasteiger partial charge in [-0.05, 0) is 62.9 Å². The van der Waals surface area contributed by atoms with Crippen LogP contribution in [0.1, 0.15) is 52.0 Å². The molecular formula is C25H30ClNO3. The topological polar surface area (TPSA) is 46.6 Å². The maximum Gasteiger partial charge on any atom is 0.266 e. The third-order valence-corrected chi connectivity index (χ3v) is 6.20. The minimum Gasteiger partial charge on any atom is -0.478 e. The quantitative estimate of drug-likeness (QED) is 0.592. The number of halogens is 1. The van der Waals surface area contributed by atoms with Crippen molar-refractivity contribution in [3.8, 4) is 5.75 Å². The minimum atomic E-state index is -1.01. The maximum absolute atomic E-state index is 13.2. The fraction of sp³-hybridized carbons (Fsp3) is 0.440. The average Bonchev–Trinajstić information content (AvgIpc) is 2.75. The van der Waals surface area contributed by atoms with Crippen LogP contribution in [0.2, 0.25) is 5.02 Å². The van der Waals surface area contributed by atoms with Crippen LogP contribution >= 0.6 is 11.6 Å². The predicted molar refractivity (Wildman–Crippen MR) is 120 cm³/mol. The van der Waals surface area contributed by atoms with E-state index in [2.05, 4.69) is 0 Å². The second kappa shape index (κ2) is 9.22. The Balaban J connectivity index is 1.74. The maximum atomic E-state index is 13.2. The highest BCUT2D eigenvalue weighted by molar-refractivity contribution is 6.30. The summed E-state index contributed by atoms with van der Waals surface area (Å²) < 4.78 is 5.98. The summed E-state index contributed by atoms with van der Waals surface area (Å²) in [5, 5.41) is 0.622. The molecule has 2 aromatic rings. The lowest BCUT2D eigenvalue weighted by atomic mass is 9.68. The molecule has 30 heavy (non-hydrogen) atoms. The van der Waals surface area contributed by atoms with Crippen molar-refractivity contribution < 1.29 is 14.3 Å². The van der Waals surface area contributed by atoms with E-state index in [0.717, 1.165) is 12.0 Å². The zero-order valence-electron chi connectivity index (χ0n) is 18.0. The predicted octanol–water partition coefficient (Wildman–Crippen LogP) is 5.43. The van der Waals surface area contributed by atoms with Gasteiger partial charge in [0.15, 0.2) is 5.60 Å². The third kappa shape index (κ3) is 4.70. The van der Waals surface area contributed by atoms with Gasteiger partial charge in [-0.3, -0.25) is 9.59 Å². The number of hydrogen-bond donors (Lipinski definition) is 0. The Morgan fingerprint density at radius 1 is 1.03 bits per heavy atom. The van der Waals surface area contributed by atoms with Crippen LogP contribution in [0.25, 0.3) is 0 Å². The number of piperidine rings is 1. The van der Waals surface area contributed by atoms with Crippen molar-refractivity contribution in [2.75, 3.05) is 13.1 Å². The van der Waals surface area contributed by atoms with Gasteiger partial charge in [0, 0.05) is 24.5 Å². The van der Waals surface area contributed by atoms with Crippen molar-refractivity contribution in [2.24, 2.45) is 0 Å². The number of amides is 1. The van der Waals surface area contributed by atoms with Crippen molar-refractivity contribution in [1.82, 2.24) is 4.90 Å². The van der Waals surface area contributed by atoms with E-state index in [0.29, 0.717) is 43.1 Å². The molecule has 1 heterocycles. The molecule has 4 nitrogen and oxygen atoms in total.